The number of carboxylic acids is 1. The summed E-state index contributed by atoms with van der Waals surface area (Å²) in [6, 6.07) is 12.5. The molecule has 106 valence electrons. The summed E-state index contributed by atoms with van der Waals surface area (Å²) < 4.78 is 24.5. The molecule has 0 aliphatic heterocycles. The van der Waals surface area contributed by atoms with Gasteiger partial charge < -0.3 is 5.11 Å². The van der Waals surface area contributed by atoms with Crippen LogP contribution in [0.4, 0.5) is 0 Å². The smallest absolute Gasteiger partial charge is 0.303 e. The molecule has 1 atom stereocenters. The molecule has 1 unspecified atom stereocenters. The second-order valence-corrected chi connectivity index (χ2v) is 7.03. The quantitative estimate of drug-likeness (QED) is 0.919. The highest BCUT2D eigenvalue weighted by Crippen LogP contribution is 2.21. The van der Waals surface area contributed by atoms with Crippen LogP contribution in [0.2, 0.25) is 0 Å². The van der Waals surface area contributed by atoms with Gasteiger partial charge in [-0.15, -0.1) is 0 Å². The first-order valence-corrected chi connectivity index (χ1v) is 7.97. The summed E-state index contributed by atoms with van der Waals surface area (Å²) in [4.78, 5) is 10.9. The van der Waals surface area contributed by atoms with Crippen molar-refractivity contribution >= 4 is 26.6 Å². The van der Waals surface area contributed by atoms with Crippen molar-refractivity contribution in [2.24, 2.45) is 5.92 Å². The fourth-order valence-electron chi connectivity index (χ4n) is 2.19. The highest BCUT2D eigenvalue weighted by molar-refractivity contribution is 7.91. The Morgan fingerprint density at radius 1 is 1.15 bits per heavy atom. The van der Waals surface area contributed by atoms with Crippen LogP contribution in [-0.2, 0) is 14.6 Å². The third-order valence-electron chi connectivity index (χ3n) is 3.11. The first kappa shape index (κ1) is 14.5. The zero-order valence-electron chi connectivity index (χ0n) is 11.1. The van der Waals surface area contributed by atoms with E-state index in [-0.39, 0.29) is 17.1 Å². The molecule has 0 saturated carbocycles. The normalized spacial score (nSPS) is 13.2. The Bertz CT molecular complexity index is 734. The van der Waals surface area contributed by atoms with E-state index in [9.17, 15) is 13.2 Å². The summed E-state index contributed by atoms with van der Waals surface area (Å²) in [7, 11) is -3.46. The second-order valence-electron chi connectivity index (χ2n) is 4.99. The number of hydrogen-bond acceptors (Lipinski definition) is 3. The number of aliphatic carboxylic acids is 1. The molecular weight excluding hydrogens is 276 g/mol. The van der Waals surface area contributed by atoms with Gasteiger partial charge in [-0.3, -0.25) is 4.79 Å². The van der Waals surface area contributed by atoms with Crippen LogP contribution in [-0.4, -0.2) is 25.2 Å². The Hall–Kier alpha value is -1.88. The number of sulfone groups is 1. The number of carbonyl (C=O) groups is 1. The number of rotatable bonds is 5. The summed E-state index contributed by atoms with van der Waals surface area (Å²) in [5, 5.41) is 10.5. The zero-order valence-corrected chi connectivity index (χ0v) is 11.9. The molecule has 0 heterocycles. The largest absolute Gasteiger partial charge is 0.481 e. The molecule has 0 aliphatic carbocycles. The van der Waals surface area contributed by atoms with Crippen molar-refractivity contribution in [2.45, 2.75) is 18.2 Å². The maximum atomic E-state index is 12.3. The lowest BCUT2D eigenvalue weighted by Gasteiger charge is -2.10. The lowest BCUT2D eigenvalue weighted by atomic mass is 10.1. The van der Waals surface area contributed by atoms with E-state index < -0.39 is 21.7 Å². The first-order chi connectivity index (χ1) is 9.38. The molecular formula is C15H16O4S. The van der Waals surface area contributed by atoms with Crippen LogP contribution in [0.25, 0.3) is 10.8 Å². The van der Waals surface area contributed by atoms with E-state index in [4.69, 9.17) is 5.11 Å². The van der Waals surface area contributed by atoms with Gasteiger partial charge in [0.05, 0.1) is 10.6 Å². The molecule has 2 aromatic carbocycles. The Morgan fingerprint density at radius 3 is 2.45 bits per heavy atom. The van der Waals surface area contributed by atoms with E-state index in [1.165, 1.54) is 0 Å². The number of fused-ring (bicyclic) bond motifs is 1. The molecule has 0 saturated heterocycles. The Balaban J connectivity index is 2.29. The van der Waals surface area contributed by atoms with Crippen molar-refractivity contribution in [1.29, 1.82) is 0 Å². The zero-order chi connectivity index (χ0) is 14.8. The van der Waals surface area contributed by atoms with Crippen LogP contribution in [0.1, 0.15) is 13.3 Å². The minimum atomic E-state index is -3.46. The number of benzene rings is 2. The van der Waals surface area contributed by atoms with E-state index in [0.717, 1.165) is 10.8 Å². The van der Waals surface area contributed by atoms with Crippen LogP contribution in [0.5, 0.6) is 0 Å². The van der Waals surface area contributed by atoms with Gasteiger partial charge in [0, 0.05) is 6.42 Å². The highest BCUT2D eigenvalue weighted by atomic mass is 32.2. The van der Waals surface area contributed by atoms with Crippen LogP contribution in [0.15, 0.2) is 47.4 Å². The minimum Gasteiger partial charge on any atom is -0.481 e. The molecule has 0 aliphatic rings. The molecule has 2 aromatic rings. The fraction of sp³-hybridized carbons (Fsp3) is 0.267. The number of carboxylic acid groups (broad SMARTS) is 1. The topological polar surface area (TPSA) is 71.4 Å². The van der Waals surface area contributed by atoms with E-state index in [2.05, 4.69) is 0 Å². The molecule has 0 spiro atoms. The summed E-state index contributed by atoms with van der Waals surface area (Å²) >= 11 is 0. The van der Waals surface area contributed by atoms with Crippen molar-refractivity contribution in [3.63, 3.8) is 0 Å². The lowest BCUT2D eigenvalue weighted by molar-refractivity contribution is -0.137. The minimum absolute atomic E-state index is 0.146. The predicted octanol–water partition coefficient (Wildman–Crippen LogP) is 2.72. The summed E-state index contributed by atoms with van der Waals surface area (Å²) in [5.41, 5.74) is 0. The molecule has 0 bridgehead atoms. The molecule has 0 fully saturated rings. The standard InChI is InChI=1S/C15H16O4S/c1-11(8-15(16)17)10-20(18,19)14-7-6-12-4-2-3-5-13(12)9-14/h2-7,9,11H,8,10H2,1H3,(H,16,17). The van der Waals surface area contributed by atoms with Crippen molar-refractivity contribution in [3.8, 4) is 0 Å². The molecule has 4 nitrogen and oxygen atoms in total. The van der Waals surface area contributed by atoms with E-state index >= 15 is 0 Å². The van der Waals surface area contributed by atoms with E-state index in [1.54, 1.807) is 25.1 Å². The van der Waals surface area contributed by atoms with Gasteiger partial charge in [0.1, 0.15) is 0 Å². The van der Waals surface area contributed by atoms with Crippen molar-refractivity contribution in [1.82, 2.24) is 0 Å². The van der Waals surface area contributed by atoms with E-state index in [1.807, 2.05) is 24.3 Å². The summed E-state index contributed by atoms with van der Waals surface area (Å²) in [5.74, 6) is -1.55. The van der Waals surface area contributed by atoms with Gasteiger partial charge >= 0.3 is 5.97 Å². The Kier molecular flexibility index (Phi) is 4.09. The van der Waals surface area contributed by atoms with Gasteiger partial charge in [0.15, 0.2) is 9.84 Å². The fourth-order valence-corrected chi connectivity index (χ4v) is 3.83. The predicted molar refractivity (Wildman–Crippen MR) is 77.4 cm³/mol. The van der Waals surface area contributed by atoms with Gasteiger partial charge in [-0.1, -0.05) is 37.3 Å². The van der Waals surface area contributed by atoms with Gasteiger partial charge in [-0.25, -0.2) is 8.42 Å². The van der Waals surface area contributed by atoms with Crippen LogP contribution >= 0.6 is 0 Å². The first-order valence-electron chi connectivity index (χ1n) is 6.32. The molecule has 0 amide bonds. The molecule has 0 aromatic heterocycles. The van der Waals surface area contributed by atoms with Gasteiger partial charge in [0.2, 0.25) is 0 Å². The van der Waals surface area contributed by atoms with Crippen LogP contribution in [0.3, 0.4) is 0 Å². The van der Waals surface area contributed by atoms with Crippen molar-refractivity contribution in [2.75, 3.05) is 5.75 Å². The maximum absolute atomic E-state index is 12.3. The maximum Gasteiger partial charge on any atom is 0.303 e. The van der Waals surface area contributed by atoms with Crippen molar-refractivity contribution < 1.29 is 18.3 Å². The summed E-state index contributed by atoms with van der Waals surface area (Å²) in [6.07, 6.45) is -0.146. The molecule has 0 radical (unpaired) electrons. The number of hydrogen-bond donors (Lipinski definition) is 1. The van der Waals surface area contributed by atoms with Gasteiger partial charge in [0.25, 0.3) is 0 Å². The Morgan fingerprint density at radius 2 is 1.80 bits per heavy atom. The van der Waals surface area contributed by atoms with Gasteiger partial charge in [-0.2, -0.15) is 0 Å². The average Bonchev–Trinajstić information content (AvgIpc) is 2.36. The third-order valence-corrected chi connectivity index (χ3v) is 5.09. The molecule has 1 N–H and O–H groups in total. The van der Waals surface area contributed by atoms with Crippen molar-refractivity contribution in [3.05, 3.63) is 42.5 Å². The van der Waals surface area contributed by atoms with E-state index in [0.29, 0.717) is 0 Å². The third kappa shape index (κ3) is 3.36. The Labute approximate surface area is 118 Å². The molecule has 20 heavy (non-hydrogen) atoms. The molecule has 5 heteroatoms. The lowest BCUT2D eigenvalue weighted by Crippen LogP contribution is -2.17. The molecule has 2 rings (SSSR count). The van der Waals surface area contributed by atoms with Crippen LogP contribution in [0, 0.1) is 5.92 Å². The summed E-state index contributed by atoms with van der Waals surface area (Å²) in [6.45, 7) is 1.63. The second kappa shape index (κ2) is 5.63. The average molecular weight is 292 g/mol. The van der Waals surface area contributed by atoms with Gasteiger partial charge in [-0.05, 0) is 28.8 Å². The highest BCUT2D eigenvalue weighted by Gasteiger charge is 2.20. The monoisotopic (exact) mass is 292 g/mol. The van der Waals surface area contributed by atoms with Crippen LogP contribution < -0.4 is 0 Å². The SMILES string of the molecule is CC(CC(=O)O)CS(=O)(=O)c1ccc2ccccc2c1.